The molecule has 1 aromatic carbocycles. The van der Waals surface area contributed by atoms with E-state index < -0.39 is 0 Å². The number of carbonyl (C=O) groups is 1. The highest BCUT2D eigenvalue weighted by Gasteiger charge is 2.12. The lowest BCUT2D eigenvalue weighted by Gasteiger charge is -2.13. The fraction of sp³-hybridized carbons (Fsp3) is 0.438. The summed E-state index contributed by atoms with van der Waals surface area (Å²) in [5, 5.41) is 4.64. The Kier molecular flexibility index (Phi) is 4.79. The molecular weight excluding hydrogens is 250 g/mol. The Morgan fingerprint density at radius 1 is 1.40 bits per heavy atom. The maximum atomic E-state index is 11.3. The molecule has 0 aliphatic rings. The van der Waals surface area contributed by atoms with Gasteiger partial charge in [0.15, 0.2) is 0 Å². The Balaban J connectivity index is 2.28. The lowest BCUT2D eigenvalue weighted by atomic mass is 10.1. The number of hydrogen-bond donors (Lipinski definition) is 2. The topological polar surface area (TPSA) is 60.1 Å². The highest BCUT2D eigenvalue weighted by molar-refractivity contribution is 5.84. The first kappa shape index (κ1) is 14.6. The van der Waals surface area contributed by atoms with Crippen molar-refractivity contribution in [1.29, 1.82) is 0 Å². The van der Waals surface area contributed by atoms with Crippen LogP contribution in [0, 0.1) is 5.92 Å². The maximum absolute atomic E-state index is 11.3. The number of amides is 1. The van der Waals surface area contributed by atoms with Gasteiger partial charge in [-0.2, -0.15) is 0 Å². The molecule has 4 heteroatoms. The molecule has 2 aromatic rings. The van der Waals surface area contributed by atoms with Gasteiger partial charge in [-0.25, -0.2) is 0 Å². The van der Waals surface area contributed by atoms with Crippen LogP contribution in [-0.2, 0) is 17.9 Å². The van der Waals surface area contributed by atoms with Gasteiger partial charge in [-0.3, -0.25) is 4.79 Å². The van der Waals surface area contributed by atoms with Crippen molar-refractivity contribution < 1.29 is 4.79 Å². The molecule has 4 nitrogen and oxygen atoms in total. The van der Waals surface area contributed by atoms with Crippen LogP contribution in [0.3, 0.4) is 0 Å². The van der Waals surface area contributed by atoms with E-state index >= 15 is 0 Å². The smallest absolute Gasteiger partial charge is 0.222 e. The minimum atomic E-state index is -0.256. The van der Waals surface area contributed by atoms with Crippen molar-refractivity contribution in [2.24, 2.45) is 11.7 Å². The fourth-order valence-electron chi connectivity index (χ4n) is 2.42. The molecule has 108 valence electrons. The molecule has 0 spiro atoms. The first-order valence-electron chi connectivity index (χ1n) is 7.20. The van der Waals surface area contributed by atoms with Crippen LogP contribution in [0.25, 0.3) is 10.9 Å². The average Bonchev–Trinajstić information content (AvgIpc) is 2.83. The zero-order valence-electron chi connectivity index (χ0n) is 12.2. The highest BCUT2D eigenvalue weighted by Crippen LogP contribution is 2.21. The second kappa shape index (κ2) is 6.57. The number of benzene rings is 1. The lowest BCUT2D eigenvalue weighted by Crippen LogP contribution is -2.24. The summed E-state index contributed by atoms with van der Waals surface area (Å²) in [6, 6.07) is 8.40. The zero-order valence-corrected chi connectivity index (χ0v) is 12.2. The number of nitrogens with one attached hydrogen (secondary N) is 1. The van der Waals surface area contributed by atoms with Crippen molar-refractivity contribution >= 4 is 16.8 Å². The van der Waals surface area contributed by atoms with Crippen LogP contribution >= 0.6 is 0 Å². The van der Waals surface area contributed by atoms with Gasteiger partial charge in [0, 0.05) is 19.3 Å². The lowest BCUT2D eigenvalue weighted by molar-refractivity contribution is -0.121. The van der Waals surface area contributed by atoms with Gasteiger partial charge in [-0.15, -0.1) is 0 Å². The summed E-state index contributed by atoms with van der Waals surface area (Å²) in [6.45, 7) is 6.51. The van der Waals surface area contributed by atoms with Crippen LogP contribution in [-0.4, -0.2) is 17.0 Å². The van der Waals surface area contributed by atoms with Crippen LogP contribution in [0.2, 0.25) is 0 Å². The van der Waals surface area contributed by atoms with Crippen LogP contribution < -0.4 is 11.1 Å². The molecule has 3 N–H and O–H groups in total. The van der Waals surface area contributed by atoms with Crippen LogP contribution in [0.4, 0.5) is 0 Å². The molecule has 0 saturated heterocycles. The summed E-state index contributed by atoms with van der Waals surface area (Å²) in [7, 11) is 0. The molecule has 0 bridgehead atoms. The minimum Gasteiger partial charge on any atom is -0.369 e. The molecule has 1 heterocycles. The largest absolute Gasteiger partial charge is 0.369 e. The summed E-state index contributed by atoms with van der Waals surface area (Å²) < 4.78 is 2.13. The van der Waals surface area contributed by atoms with Crippen LogP contribution in [0.5, 0.6) is 0 Å². The summed E-state index contributed by atoms with van der Waals surface area (Å²) in [5.74, 6) is -0.421. The molecule has 1 atom stereocenters. The van der Waals surface area contributed by atoms with Crippen molar-refractivity contribution in [3.63, 3.8) is 0 Å². The molecule has 0 radical (unpaired) electrons. The third-order valence-electron chi connectivity index (χ3n) is 3.57. The number of primary amides is 1. The normalized spacial score (nSPS) is 12.7. The van der Waals surface area contributed by atoms with Gasteiger partial charge in [-0.05, 0) is 30.0 Å². The quantitative estimate of drug-likeness (QED) is 0.760. The van der Waals surface area contributed by atoms with Gasteiger partial charge >= 0.3 is 0 Å². The van der Waals surface area contributed by atoms with E-state index in [1.54, 1.807) is 0 Å². The van der Waals surface area contributed by atoms with E-state index in [1.807, 2.05) is 13.1 Å². The van der Waals surface area contributed by atoms with Gasteiger partial charge in [0.2, 0.25) is 5.91 Å². The van der Waals surface area contributed by atoms with Crippen LogP contribution in [0.15, 0.2) is 30.5 Å². The molecule has 0 fully saturated rings. The van der Waals surface area contributed by atoms with Crippen molar-refractivity contribution in [3.05, 3.63) is 36.0 Å². The third kappa shape index (κ3) is 3.20. The highest BCUT2D eigenvalue weighted by atomic mass is 16.1. The SMILES string of the molecule is CCCNCc1cccc2ccn(CC(C)C(N)=O)c12. The Morgan fingerprint density at radius 2 is 2.20 bits per heavy atom. The Hall–Kier alpha value is -1.81. The number of rotatable bonds is 7. The molecule has 1 aromatic heterocycles. The molecule has 0 aliphatic heterocycles. The van der Waals surface area contributed by atoms with E-state index in [0.29, 0.717) is 6.54 Å². The van der Waals surface area contributed by atoms with Crippen molar-refractivity contribution in [2.75, 3.05) is 6.54 Å². The number of hydrogen-bond acceptors (Lipinski definition) is 2. The number of carbonyl (C=O) groups excluding carboxylic acids is 1. The van der Waals surface area contributed by atoms with Gasteiger partial charge in [0.25, 0.3) is 0 Å². The summed E-state index contributed by atoms with van der Waals surface area (Å²) >= 11 is 0. The van der Waals surface area contributed by atoms with Crippen molar-refractivity contribution in [1.82, 2.24) is 9.88 Å². The van der Waals surface area contributed by atoms with E-state index in [-0.39, 0.29) is 11.8 Å². The summed E-state index contributed by atoms with van der Waals surface area (Å²) in [6.07, 6.45) is 3.16. The molecule has 0 aliphatic carbocycles. The standard InChI is InChI=1S/C16H23N3O/c1-3-8-18-10-14-6-4-5-13-7-9-19(15(13)14)11-12(2)16(17)20/h4-7,9,12,18H,3,8,10-11H2,1-2H3,(H2,17,20). The van der Waals surface area contributed by atoms with Gasteiger partial charge in [-0.1, -0.05) is 32.0 Å². The number of fused-ring (bicyclic) bond motifs is 1. The monoisotopic (exact) mass is 273 g/mol. The second-order valence-electron chi connectivity index (χ2n) is 5.30. The first-order valence-corrected chi connectivity index (χ1v) is 7.20. The number of para-hydroxylation sites is 1. The van der Waals surface area contributed by atoms with Gasteiger partial charge < -0.3 is 15.6 Å². The molecule has 1 amide bonds. The van der Waals surface area contributed by atoms with E-state index in [9.17, 15) is 4.79 Å². The van der Waals surface area contributed by atoms with Crippen molar-refractivity contribution in [3.8, 4) is 0 Å². The first-order chi connectivity index (χ1) is 9.63. The van der Waals surface area contributed by atoms with E-state index in [4.69, 9.17) is 5.73 Å². The minimum absolute atomic E-state index is 0.165. The predicted octanol–water partition coefficient (Wildman–Crippen LogP) is 2.26. The molecule has 20 heavy (non-hydrogen) atoms. The third-order valence-corrected chi connectivity index (χ3v) is 3.57. The second-order valence-corrected chi connectivity index (χ2v) is 5.30. The Labute approximate surface area is 120 Å². The fourth-order valence-corrected chi connectivity index (χ4v) is 2.42. The predicted molar refractivity (Wildman–Crippen MR) is 82.3 cm³/mol. The number of aromatic nitrogens is 1. The van der Waals surface area contributed by atoms with E-state index in [2.05, 4.69) is 41.1 Å². The molecule has 2 rings (SSSR count). The van der Waals surface area contributed by atoms with E-state index in [0.717, 1.165) is 19.5 Å². The molecule has 0 saturated carbocycles. The molecular formula is C16H23N3O. The summed E-state index contributed by atoms with van der Waals surface area (Å²) in [5.41, 5.74) is 7.83. The van der Waals surface area contributed by atoms with E-state index in [1.165, 1.54) is 16.5 Å². The number of nitrogens with zero attached hydrogens (tertiary/aromatic N) is 1. The van der Waals surface area contributed by atoms with Gasteiger partial charge in [0.05, 0.1) is 11.4 Å². The molecule has 1 unspecified atom stereocenters. The van der Waals surface area contributed by atoms with Gasteiger partial charge in [0.1, 0.15) is 0 Å². The van der Waals surface area contributed by atoms with Crippen molar-refractivity contribution in [2.45, 2.75) is 33.4 Å². The Morgan fingerprint density at radius 3 is 2.90 bits per heavy atom. The average molecular weight is 273 g/mol. The number of nitrogens with two attached hydrogens (primary N) is 1. The zero-order chi connectivity index (χ0) is 14.5. The maximum Gasteiger partial charge on any atom is 0.222 e. The Bertz CT molecular complexity index is 588. The van der Waals surface area contributed by atoms with Crippen LogP contribution in [0.1, 0.15) is 25.8 Å². The summed E-state index contributed by atoms with van der Waals surface area (Å²) in [4.78, 5) is 11.3.